The number of fused-ring (bicyclic) bond motifs is 1. The molecule has 2 N–H and O–H groups in total. The van der Waals surface area contributed by atoms with Crippen molar-refractivity contribution < 1.29 is 9.69 Å². The smallest absolute Gasteiger partial charge is 0.279 e. The fourth-order valence-corrected chi connectivity index (χ4v) is 3.61. The van der Waals surface area contributed by atoms with Crippen LogP contribution in [0.3, 0.4) is 0 Å². The zero-order valence-electron chi connectivity index (χ0n) is 14.7. The molecule has 1 aliphatic rings. The highest BCUT2D eigenvalue weighted by molar-refractivity contribution is 5.93. The molecule has 1 heterocycles. The van der Waals surface area contributed by atoms with Crippen LogP contribution in [0.1, 0.15) is 36.1 Å². The summed E-state index contributed by atoms with van der Waals surface area (Å²) in [6, 6.07) is 14.9. The van der Waals surface area contributed by atoms with Gasteiger partial charge >= 0.3 is 0 Å². The van der Waals surface area contributed by atoms with Crippen LogP contribution >= 0.6 is 0 Å². The maximum Gasteiger partial charge on any atom is 0.279 e. The van der Waals surface area contributed by atoms with Gasteiger partial charge in [-0.15, -0.1) is 0 Å². The zero-order chi connectivity index (χ0) is 16.9. The van der Waals surface area contributed by atoms with Crippen molar-refractivity contribution in [3.63, 3.8) is 0 Å². The van der Waals surface area contributed by atoms with Gasteiger partial charge in [0.25, 0.3) is 5.91 Å². The Kier molecular flexibility index (Phi) is 5.31. The third-order valence-corrected chi connectivity index (χ3v) is 4.98. The van der Waals surface area contributed by atoms with E-state index in [1.807, 2.05) is 0 Å². The average molecular weight is 323 g/mol. The van der Waals surface area contributed by atoms with Crippen molar-refractivity contribution in [2.24, 2.45) is 0 Å². The molecule has 0 radical (unpaired) electrons. The summed E-state index contributed by atoms with van der Waals surface area (Å²) in [5.74, 6) is 0.125. The van der Waals surface area contributed by atoms with Gasteiger partial charge in [0.1, 0.15) is 6.54 Å². The fraction of sp³-hybridized carbons (Fsp3) is 0.381. The molecule has 2 aromatic rings. The van der Waals surface area contributed by atoms with Crippen molar-refractivity contribution >= 4 is 11.6 Å². The number of nitrogens with one attached hydrogen (secondary N) is 2. The van der Waals surface area contributed by atoms with E-state index in [0.29, 0.717) is 6.54 Å². The van der Waals surface area contributed by atoms with Gasteiger partial charge in [-0.05, 0) is 29.5 Å². The third-order valence-electron chi connectivity index (χ3n) is 4.98. The molecule has 126 valence electrons. The van der Waals surface area contributed by atoms with Gasteiger partial charge in [0.05, 0.1) is 6.54 Å². The lowest BCUT2D eigenvalue weighted by atomic mass is 10.00. The number of rotatable bonds is 5. The number of carbonyl (C=O) groups is 1. The molecule has 1 amide bonds. The molecular weight excluding hydrogens is 296 g/mol. The minimum Gasteiger partial charge on any atom is -0.323 e. The second-order valence-corrected chi connectivity index (χ2v) is 6.58. The first-order valence-corrected chi connectivity index (χ1v) is 9.02. The van der Waals surface area contributed by atoms with Crippen molar-refractivity contribution in [2.45, 2.75) is 39.7 Å². The quantitative estimate of drug-likeness (QED) is 0.870. The highest BCUT2D eigenvalue weighted by Gasteiger charge is 2.22. The lowest BCUT2D eigenvalue weighted by Crippen LogP contribution is -3.12. The van der Waals surface area contributed by atoms with Crippen LogP contribution in [-0.2, 0) is 30.6 Å². The van der Waals surface area contributed by atoms with Crippen LogP contribution in [0.25, 0.3) is 0 Å². The summed E-state index contributed by atoms with van der Waals surface area (Å²) in [5.41, 5.74) is 6.30. The van der Waals surface area contributed by atoms with Gasteiger partial charge in [0.15, 0.2) is 6.54 Å². The molecule has 0 fully saturated rings. The van der Waals surface area contributed by atoms with Crippen LogP contribution in [-0.4, -0.2) is 19.0 Å². The minimum atomic E-state index is 0.125. The number of para-hydroxylation sites is 1. The number of benzene rings is 2. The lowest BCUT2D eigenvalue weighted by Gasteiger charge is -2.25. The maximum absolute atomic E-state index is 12.6. The number of anilines is 1. The summed E-state index contributed by atoms with van der Waals surface area (Å²) in [7, 11) is 0. The van der Waals surface area contributed by atoms with E-state index in [1.54, 1.807) is 0 Å². The van der Waals surface area contributed by atoms with E-state index in [4.69, 9.17) is 0 Å². The molecule has 3 heteroatoms. The second-order valence-electron chi connectivity index (χ2n) is 6.58. The fourth-order valence-electron chi connectivity index (χ4n) is 3.61. The molecule has 1 unspecified atom stereocenters. The van der Waals surface area contributed by atoms with Gasteiger partial charge < -0.3 is 10.2 Å². The summed E-state index contributed by atoms with van der Waals surface area (Å²) >= 11 is 0. The Bertz CT molecular complexity index is 701. The maximum atomic E-state index is 12.6. The molecule has 3 rings (SSSR count). The minimum absolute atomic E-state index is 0.125. The van der Waals surface area contributed by atoms with E-state index in [0.717, 1.165) is 38.0 Å². The molecule has 0 saturated heterocycles. The number of amides is 1. The van der Waals surface area contributed by atoms with Gasteiger partial charge in [0.2, 0.25) is 0 Å². The SMILES string of the molecule is CCc1cccc(CC)c1NC(=O)C[NH+]1CCc2ccccc2C1. The first-order chi connectivity index (χ1) is 11.7. The highest BCUT2D eigenvalue weighted by Crippen LogP contribution is 2.22. The van der Waals surface area contributed by atoms with E-state index in [-0.39, 0.29) is 5.91 Å². The van der Waals surface area contributed by atoms with Crippen LogP contribution in [0, 0.1) is 0 Å². The Morgan fingerprint density at radius 2 is 1.67 bits per heavy atom. The topological polar surface area (TPSA) is 33.5 Å². The van der Waals surface area contributed by atoms with E-state index >= 15 is 0 Å². The molecule has 3 nitrogen and oxygen atoms in total. The molecule has 0 aromatic heterocycles. The standard InChI is InChI=1S/C21H26N2O/c1-3-16-10-7-11-17(4-2)21(16)22-20(24)15-23-13-12-18-8-5-6-9-19(18)14-23/h5-11H,3-4,12-15H2,1-2H3,(H,22,24)/p+1. The number of hydrogen-bond acceptors (Lipinski definition) is 1. The molecule has 0 spiro atoms. The summed E-state index contributed by atoms with van der Waals surface area (Å²) in [6.45, 7) is 6.78. The van der Waals surface area contributed by atoms with Crippen molar-refractivity contribution in [1.82, 2.24) is 0 Å². The normalized spacial score (nSPS) is 16.5. The second kappa shape index (κ2) is 7.63. The van der Waals surface area contributed by atoms with Crippen molar-refractivity contribution in [2.75, 3.05) is 18.4 Å². The Morgan fingerprint density at radius 3 is 2.33 bits per heavy atom. The van der Waals surface area contributed by atoms with Gasteiger partial charge in [-0.3, -0.25) is 4.79 Å². The lowest BCUT2D eigenvalue weighted by molar-refractivity contribution is -0.907. The van der Waals surface area contributed by atoms with Crippen LogP contribution in [0.5, 0.6) is 0 Å². The Hall–Kier alpha value is -2.13. The predicted octanol–water partition coefficient (Wildman–Crippen LogP) is 2.39. The zero-order valence-corrected chi connectivity index (χ0v) is 14.7. The largest absolute Gasteiger partial charge is 0.323 e. The van der Waals surface area contributed by atoms with Crippen molar-refractivity contribution in [3.05, 3.63) is 64.7 Å². The van der Waals surface area contributed by atoms with E-state index in [1.165, 1.54) is 27.2 Å². The number of carbonyl (C=O) groups excluding carboxylic acids is 1. The summed E-state index contributed by atoms with van der Waals surface area (Å²) in [4.78, 5) is 13.9. The predicted molar refractivity (Wildman–Crippen MR) is 98.4 cm³/mol. The third kappa shape index (κ3) is 3.68. The molecule has 0 bridgehead atoms. The van der Waals surface area contributed by atoms with E-state index < -0.39 is 0 Å². The number of hydrogen-bond donors (Lipinski definition) is 2. The van der Waals surface area contributed by atoms with Crippen LogP contribution in [0.4, 0.5) is 5.69 Å². The molecule has 1 aliphatic heterocycles. The Morgan fingerprint density at radius 1 is 1.00 bits per heavy atom. The highest BCUT2D eigenvalue weighted by atomic mass is 16.2. The average Bonchev–Trinajstić information content (AvgIpc) is 2.61. The van der Waals surface area contributed by atoms with Crippen LogP contribution < -0.4 is 10.2 Å². The van der Waals surface area contributed by atoms with Crippen molar-refractivity contribution in [3.8, 4) is 0 Å². The summed E-state index contributed by atoms with van der Waals surface area (Å²) in [5, 5.41) is 3.19. The van der Waals surface area contributed by atoms with Gasteiger partial charge in [0, 0.05) is 17.7 Å². The molecule has 2 aromatic carbocycles. The molecule has 0 aliphatic carbocycles. The van der Waals surface area contributed by atoms with Crippen molar-refractivity contribution in [1.29, 1.82) is 0 Å². The van der Waals surface area contributed by atoms with E-state index in [9.17, 15) is 4.79 Å². The van der Waals surface area contributed by atoms with Crippen LogP contribution in [0.15, 0.2) is 42.5 Å². The van der Waals surface area contributed by atoms with Gasteiger partial charge in [-0.25, -0.2) is 0 Å². The summed E-state index contributed by atoms with van der Waals surface area (Å²) < 4.78 is 0. The molecule has 0 saturated carbocycles. The molecule has 24 heavy (non-hydrogen) atoms. The van der Waals surface area contributed by atoms with Gasteiger partial charge in [-0.1, -0.05) is 56.3 Å². The monoisotopic (exact) mass is 323 g/mol. The first-order valence-electron chi connectivity index (χ1n) is 9.02. The number of aryl methyl sites for hydroxylation is 2. The first kappa shape index (κ1) is 16.7. The Balaban J connectivity index is 1.67. The molecular formula is C21H27N2O+. The van der Waals surface area contributed by atoms with Gasteiger partial charge in [-0.2, -0.15) is 0 Å². The Labute approximate surface area is 144 Å². The van der Waals surface area contributed by atoms with Crippen LogP contribution in [0.2, 0.25) is 0 Å². The van der Waals surface area contributed by atoms with E-state index in [2.05, 4.69) is 61.6 Å². The number of quaternary nitrogens is 1. The summed E-state index contributed by atoms with van der Waals surface area (Å²) in [6.07, 6.45) is 2.94. The molecule has 1 atom stereocenters.